The highest BCUT2D eigenvalue weighted by molar-refractivity contribution is 5.67. The molecule has 2 heterocycles. The van der Waals surface area contributed by atoms with Crippen molar-refractivity contribution in [3.05, 3.63) is 24.2 Å². The monoisotopic (exact) mass is 242 g/mol. The molecule has 0 aliphatic carbocycles. The first-order valence-electron chi connectivity index (χ1n) is 6.20. The first kappa shape index (κ1) is 12.4. The summed E-state index contributed by atoms with van der Waals surface area (Å²) in [7, 11) is 0. The molecule has 2 aromatic rings. The second-order valence-electron chi connectivity index (χ2n) is 4.43. The molecule has 0 aliphatic heterocycles. The third kappa shape index (κ3) is 2.62. The van der Waals surface area contributed by atoms with Crippen molar-refractivity contribution in [3.8, 4) is 11.8 Å². The number of fused-ring (bicyclic) bond motifs is 1. The maximum atomic E-state index is 4.53. The molecule has 0 fully saturated rings. The number of nitrogens with zero attached hydrogens (tertiary/aromatic N) is 3. The Morgan fingerprint density at radius 1 is 1.44 bits per heavy atom. The van der Waals surface area contributed by atoms with Crippen LogP contribution in [0.4, 0.5) is 5.82 Å². The average Bonchev–Trinajstić information content (AvgIpc) is 2.79. The van der Waals surface area contributed by atoms with Gasteiger partial charge in [-0.05, 0) is 18.9 Å². The molecule has 4 nitrogen and oxygen atoms in total. The van der Waals surface area contributed by atoms with Crippen LogP contribution in [0.5, 0.6) is 0 Å². The van der Waals surface area contributed by atoms with Gasteiger partial charge in [0, 0.05) is 25.4 Å². The van der Waals surface area contributed by atoms with Crippen molar-refractivity contribution in [2.45, 2.75) is 33.1 Å². The van der Waals surface area contributed by atoms with Gasteiger partial charge in [0.15, 0.2) is 5.82 Å². The number of aromatic nitrogens is 3. The number of nitrogens with one attached hydrogen (secondary N) is 1. The Hall–Kier alpha value is -2.02. The Kier molecular flexibility index (Phi) is 3.83. The van der Waals surface area contributed by atoms with Crippen molar-refractivity contribution in [2.24, 2.45) is 0 Å². The SMILES string of the molecule is CC#CCCNc1nccn2nc(C(C)C)cc12. The van der Waals surface area contributed by atoms with Gasteiger partial charge in [-0.25, -0.2) is 9.50 Å². The molecule has 94 valence electrons. The lowest BCUT2D eigenvalue weighted by Gasteiger charge is -2.04. The van der Waals surface area contributed by atoms with E-state index in [0.29, 0.717) is 5.92 Å². The van der Waals surface area contributed by atoms with E-state index in [1.165, 1.54) is 0 Å². The quantitative estimate of drug-likeness (QED) is 0.662. The summed E-state index contributed by atoms with van der Waals surface area (Å²) in [5.41, 5.74) is 2.10. The Labute approximate surface area is 107 Å². The molecule has 0 spiro atoms. The third-order valence-corrected chi connectivity index (χ3v) is 2.72. The molecule has 4 heteroatoms. The lowest BCUT2D eigenvalue weighted by Crippen LogP contribution is -2.04. The Morgan fingerprint density at radius 3 is 3.00 bits per heavy atom. The van der Waals surface area contributed by atoms with Crippen molar-refractivity contribution in [2.75, 3.05) is 11.9 Å². The fraction of sp³-hybridized carbons (Fsp3) is 0.429. The van der Waals surface area contributed by atoms with Gasteiger partial charge >= 0.3 is 0 Å². The van der Waals surface area contributed by atoms with Gasteiger partial charge in [-0.15, -0.1) is 11.8 Å². The number of anilines is 1. The van der Waals surface area contributed by atoms with Crippen LogP contribution in [-0.4, -0.2) is 21.1 Å². The van der Waals surface area contributed by atoms with Crippen molar-refractivity contribution in [1.82, 2.24) is 14.6 Å². The van der Waals surface area contributed by atoms with E-state index in [1.54, 1.807) is 6.20 Å². The maximum absolute atomic E-state index is 4.53. The van der Waals surface area contributed by atoms with Crippen molar-refractivity contribution in [3.63, 3.8) is 0 Å². The lowest BCUT2D eigenvalue weighted by molar-refractivity contribution is 0.787. The van der Waals surface area contributed by atoms with Crippen LogP contribution in [0.1, 0.15) is 38.8 Å². The predicted octanol–water partition coefficient (Wildman–Crippen LogP) is 2.68. The summed E-state index contributed by atoms with van der Waals surface area (Å²) < 4.78 is 1.87. The van der Waals surface area contributed by atoms with Crippen molar-refractivity contribution in [1.29, 1.82) is 0 Å². The molecule has 0 aliphatic rings. The van der Waals surface area contributed by atoms with Crippen LogP contribution in [0.2, 0.25) is 0 Å². The molecule has 0 radical (unpaired) electrons. The molecule has 0 aromatic carbocycles. The highest BCUT2D eigenvalue weighted by Crippen LogP contribution is 2.19. The smallest absolute Gasteiger partial charge is 0.152 e. The topological polar surface area (TPSA) is 42.2 Å². The molecule has 0 saturated heterocycles. The van der Waals surface area contributed by atoms with E-state index in [4.69, 9.17) is 0 Å². The third-order valence-electron chi connectivity index (χ3n) is 2.72. The molecule has 0 saturated carbocycles. The summed E-state index contributed by atoms with van der Waals surface area (Å²) >= 11 is 0. The van der Waals surface area contributed by atoms with Gasteiger partial charge < -0.3 is 5.32 Å². The zero-order valence-corrected chi connectivity index (χ0v) is 11.1. The lowest BCUT2D eigenvalue weighted by atomic mass is 10.1. The number of hydrogen-bond donors (Lipinski definition) is 1. The molecule has 0 bridgehead atoms. The van der Waals surface area contributed by atoms with Crippen LogP contribution in [0.15, 0.2) is 18.5 Å². The molecular formula is C14H18N4. The number of hydrogen-bond acceptors (Lipinski definition) is 3. The van der Waals surface area contributed by atoms with E-state index < -0.39 is 0 Å². The standard InChI is InChI=1S/C14H18N4/c1-4-5-6-7-15-14-13-10-12(11(2)3)17-18(13)9-8-16-14/h8-11H,6-7H2,1-3H3,(H,15,16). The van der Waals surface area contributed by atoms with E-state index >= 15 is 0 Å². The Balaban J connectivity index is 2.23. The van der Waals surface area contributed by atoms with E-state index in [-0.39, 0.29) is 0 Å². The second kappa shape index (κ2) is 5.54. The second-order valence-corrected chi connectivity index (χ2v) is 4.43. The first-order chi connectivity index (χ1) is 8.72. The highest BCUT2D eigenvalue weighted by atomic mass is 15.2. The fourth-order valence-electron chi connectivity index (χ4n) is 1.73. The molecule has 0 atom stereocenters. The van der Waals surface area contributed by atoms with Gasteiger partial charge in [-0.1, -0.05) is 13.8 Å². The summed E-state index contributed by atoms with van der Waals surface area (Å²) in [4.78, 5) is 4.36. The van der Waals surface area contributed by atoms with Crippen LogP contribution in [0.3, 0.4) is 0 Å². The summed E-state index contributed by atoms with van der Waals surface area (Å²) in [5.74, 6) is 7.20. The van der Waals surface area contributed by atoms with Gasteiger partial charge in [-0.3, -0.25) is 0 Å². The summed E-state index contributed by atoms with van der Waals surface area (Å²) in [6.07, 6.45) is 4.46. The maximum Gasteiger partial charge on any atom is 0.152 e. The van der Waals surface area contributed by atoms with Gasteiger partial charge in [0.05, 0.1) is 5.69 Å². The molecule has 1 N–H and O–H groups in total. The van der Waals surface area contributed by atoms with Gasteiger partial charge in [0.2, 0.25) is 0 Å². The van der Waals surface area contributed by atoms with Gasteiger partial charge in [0.1, 0.15) is 5.52 Å². The van der Waals surface area contributed by atoms with Crippen molar-refractivity contribution >= 4 is 11.3 Å². The van der Waals surface area contributed by atoms with E-state index in [1.807, 2.05) is 17.6 Å². The largest absolute Gasteiger partial charge is 0.367 e. The zero-order chi connectivity index (χ0) is 13.0. The van der Waals surface area contributed by atoms with Gasteiger partial charge in [0.25, 0.3) is 0 Å². The first-order valence-corrected chi connectivity index (χ1v) is 6.20. The molecule has 0 unspecified atom stereocenters. The van der Waals surface area contributed by atoms with E-state index in [9.17, 15) is 0 Å². The van der Waals surface area contributed by atoms with Crippen LogP contribution >= 0.6 is 0 Å². The highest BCUT2D eigenvalue weighted by Gasteiger charge is 2.08. The molecular weight excluding hydrogens is 224 g/mol. The van der Waals surface area contributed by atoms with Crippen LogP contribution in [-0.2, 0) is 0 Å². The molecule has 2 aromatic heterocycles. The zero-order valence-electron chi connectivity index (χ0n) is 11.1. The summed E-state index contributed by atoms with van der Waals surface area (Å²) in [5, 5.41) is 7.83. The Morgan fingerprint density at radius 2 is 2.28 bits per heavy atom. The van der Waals surface area contributed by atoms with Crippen molar-refractivity contribution < 1.29 is 0 Å². The molecule has 18 heavy (non-hydrogen) atoms. The number of rotatable bonds is 4. The summed E-state index contributed by atoms with van der Waals surface area (Å²) in [6.45, 7) is 6.93. The minimum atomic E-state index is 0.420. The fourth-order valence-corrected chi connectivity index (χ4v) is 1.73. The summed E-state index contributed by atoms with van der Waals surface area (Å²) in [6, 6.07) is 2.09. The molecule has 2 rings (SSSR count). The van der Waals surface area contributed by atoms with Gasteiger partial charge in [-0.2, -0.15) is 5.10 Å². The van der Waals surface area contributed by atoms with Crippen LogP contribution < -0.4 is 5.32 Å². The van der Waals surface area contributed by atoms with E-state index in [2.05, 4.69) is 47.2 Å². The minimum Gasteiger partial charge on any atom is -0.367 e. The van der Waals surface area contributed by atoms with Crippen LogP contribution in [0, 0.1) is 11.8 Å². The predicted molar refractivity (Wildman–Crippen MR) is 73.6 cm³/mol. The molecule has 0 amide bonds. The average molecular weight is 242 g/mol. The minimum absolute atomic E-state index is 0.420. The Bertz CT molecular complexity index is 587. The van der Waals surface area contributed by atoms with E-state index in [0.717, 1.165) is 30.0 Å². The van der Waals surface area contributed by atoms with Crippen LogP contribution in [0.25, 0.3) is 5.52 Å². The normalized spacial score (nSPS) is 10.4.